The van der Waals surface area contributed by atoms with E-state index in [1.54, 1.807) is 68.8 Å². The molecule has 3 aromatic carbocycles. The number of halogens is 1. The fraction of sp³-hybridized carbons (Fsp3) is 0.160. The highest BCUT2D eigenvalue weighted by molar-refractivity contribution is 6.20. The molecule has 8 heteroatoms. The average molecular weight is 446 g/mol. The lowest BCUT2D eigenvalue weighted by atomic mass is 10.00. The van der Waals surface area contributed by atoms with E-state index in [2.05, 4.69) is 15.6 Å². The molecule has 7 nitrogen and oxygen atoms in total. The molecule has 0 fully saturated rings. The Balaban J connectivity index is 1.60. The molecule has 1 aliphatic heterocycles. The van der Waals surface area contributed by atoms with Crippen molar-refractivity contribution in [2.45, 2.75) is 12.7 Å². The maximum Gasteiger partial charge on any atom is 0.317 e. The van der Waals surface area contributed by atoms with Crippen LogP contribution in [0.2, 0.25) is 0 Å². The quantitative estimate of drug-likeness (QED) is 0.630. The molecule has 1 atom stereocenters. The van der Waals surface area contributed by atoms with Gasteiger partial charge in [-0.2, -0.15) is 0 Å². The number of anilines is 1. The smallest absolute Gasteiger partial charge is 0.317 e. The highest BCUT2D eigenvalue weighted by Crippen LogP contribution is 2.28. The lowest BCUT2D eigenvalue weighted by molar-refractivity contribution is -0.119. The maximum absolute atomic E-state index is 14.7. The van der Waals surface area contributed by atoms with Crippen molar-refractivity contribution in [3.63, 3.8) is 0 Å². The zero-order valence-electron chi connectivity index (χ0n) is 18.2. The Morgan fingerprint density at radius 3 is 2.39 bits per heavy atom. The maximum atomic E-state index is 14.7. The minimum Gasteiger partial charge on any atom is -0.497 e. The summed E-state index contributed by atoms with van der Waals surface area (Å²) in [6, 6.07) is 20.0. The van der Waals surface area contributed by atoms with Gasteiger partial charge in [0, 0.05) is 24.7 Å². The predicted molar refractivity (Wildman–Crippen MR) is 124 cm³/mol. The molecule has 2 N–H and O–H groups in total. The molecule has 168 valence electrons. The number of methoxy groups -OCH3 is 1. The van der Waals surface area contributed by atoms with Gasteiger partial charge < -0.3 is 20.3 Å². The van der Waals surface area contributed by atoms with Crippen LogP contribution in [-0.2, 0) is 11.3 Å². The summed E-state index contributed by atoms with van der Waals surface area (Å²) in [5.74, 6) is -0.191. The number of benzene rings is 3. The van der Waals surface area contributed by atoms with E-state index >= 15 is 0 Å². The largest absolute Gasteiger partial charge is 0.497 e. The summed E-state index contributed by atoms with van der Waals surface area (Å²) in [4.78, 5) is 31.6. The van der Waals surface area contributed by atoms with Crippen LogP contribution in [0.4, 0.5) is 14.9 Å². The number of amides is 3. The van der Waals surface area contributed by atoms with Crippen molar-refractivity contribution >= 4 is 23.3 Å². The number of aliphatic imine (C=N–C) groups is 1. The molecule has 0 saturated carbocycles. The number of rotatable bonds is 5. The standard InChI is InChI=1S/C25H23FN4O3/c1-30-21-10-6-4-8-19(21)22(18-7-3-5-9-20(18)26)28-23(24(30)31)29-25(32)27-15-16-11-13-17(33-2)14-12-16/h3-14,23H,15H2,1-2H3,(H2,27,29,32). The number of carbonyl (C=O) groups is 2. The van der Waals surface area contributed by atoms with E-state index in [-0.39, 0.29) is 12.1 Å². The van der Waals surface area contributed by atoms with Crippen LogP contribution < -0.4 is 20.3 Å². The summed E-state index contributed by atoms with van der Waals surface area (Å²) in [6.45, 7) is 0.247. The normalized spacial score (nSPS) is 15.2. The average Bonchev–Trinajstić information content (AvgIpc) is 2.94. The molecule has 4 rings (SSSR count). The first-order valence-electron chi connectivity index (χ1n) is 10.3. The lowest BCUT2D eigenvalue weighted by Gasteiger charge is -2.21. The highest BCUT2D eigenvalue weighted by atomic mass is 19.1. The zero-order valence-corrected chi connectivity index (χ0v) is 18.2. The van der Waals surface area contributed by atoms with Crippen LogP contribution in [0.1, 0.15) is 16.7 Å². The molecule has 1 unspecified atom stereocenters. The minimum atomic E-state index is -1.23. The summed E-state index contributed by atoms with van der Waals surface area (Å²) in [7, 11) is 3.18. The van der Waals surface area contributed by atoms with E-state index in [0.717, 1.165) is 5.56 Å². The van der Waals surface area contributed by atoms with Gasteiger partial charge in [0.05, 0.1) is 18.5 Å². The monoisotopic (exact) mass is 446 g/mol. The van der Waals surface area contributed by atoms with Crippen molar-refractivity contribution in [1.29, 1.82) is 0 Å². The molecule has 33 heavy (non-hydrogen) atoms. The molecule has 0 aromatic heterocycles. The topological polar surface area (TPSA) is 83.0 Å². The molecular formula is C25H23FN4O3. The van der Waals surface area contributed by atoms with Crippen LogP contribution in [-0.4, -0.2) is 38.0 Å². The van der Waals surface area contributed by atoms with E-state index in [4.69, 9.17) is 4.74 Å². The van der Waals surface area contributed by atoms with Crippen molar-refractivity contribution < 1.29 is 18.7 Å². The van der Waals surface area contributed by atoms with Crippen LogP contribution in [0.5, 0.6) is 5.75 Å². The SMILES string of the molecule is COc1ccc(CNC(=O)NC2N=C(c3ccccc3F)c3ccccc3N(C)C2=O)cc1. The summed E-state index contributed by atoms with van der Waals surface area (Å²) in [6.07, 6.45) is -1.23. The lowest BCUT2D eigenvalue weighted by Crippen LogP contribution is -2.49. The third-order valence-corrected chi connectivity index (χ3v) is 5.35. The Bertz CT molecular complexity index is 1210. The number of urea groups is 1. The summed E-state index contributed by atoms with van der Waals surface area (Å²) in [5, 5.41) is 5.33. The van der Waals surface area contributed by atoms with Crippen LogP contribution in [0.25, 0.3) is 0 Å². The molecule has 0 radical (unpaired) electrons. The molecule has 3 amide bonds. The number of nitrogens with one attached hydrogen (secondary N) is 2. The van der Waals surface area contributed by atoms with Gasteiger partial charge >= 0.3 is 6.03 Å². The predicted octanol–water partition coefficient (Wildman–Crippen LogP) is 3.47. The number of para-hydroxylation sites is 1. The first kappa shape index (κ1) is 22.0. The number of hydrogen-bond donors (Lipinski definition) is 2. The molecule has 1 heterocycles. The van der Waals surface area contributed by atoms with E-state index < -0.39 is 23.9 Å². The van der Waals surface area contributed by atoms with E-state index in [1.165, 1.54) is 11.0 Å². The second-order valence-electron chi connectivity index (χ2n) is 7.45. The van der Waals surface area contributed by atoms with Gasteiger partial charge in [-0.15, -0.1) is 0 Å². The van der Waals surface area contributed by atoms with Gasteiger partial charge in [-0.1, -0.05) is 42.5 Å². The Morgan fingerprint density at radius 2 is 1.70 bits per heavy atom. The minimum absolute atomic E-state index is 0.247. The van der Waals surface area contributed by atoms with Crippen LogP contribution in [0, 0.1) is 5.82 Å². The second kappa shape index (κ2) is 9.52. The number of hydrogen-bond acceptors (Lipinski definition) is 4. The van der Waals surface area contributed by atoms with Crippen molar-refractivity contribution in [3.05, 3.63) is 95.3 Å². The fourth-order valence-electron chi connectivity index (χ4n) is 3.59. The number of likely N-dealkylation sites (N-methyl/N-ethyl adjacent to an activating group) is 1. The van der Waals surface area contributed by atoms with Crippen molar-refractivity contribution in [2.24, 2.45) is 4.99 Å². The Hall–Kier alpha value is -4.20. The van der Waals surface area contributed by atoms with Crippen molar-refractivity contribution in [1.82, 2.24) is 10.6 Å². The van der Waals surface area contributed by atoms with Gasteiger partial charge in [-0.3, -0.25) is 4.79 Å². The van der Waals surface area contributed by atoms with Gasteiger partial charge in [-0.05, 0) is 35.9 Å². The van der Waals surface area contributed by atoms with E-state index in [9.17, 15) is 14.0 Å². The number of fused-ring (bicyclic) bond motifs is 1. The third kappa shape index (κ3) is 4.69. The summed E-state index contributed by atoms with van der Waals surface area (Å²) < 4.78 is 19.8. The van der Waals surface area contributed by atoms with E-state index in [1.807, 2.05) is 12.1 Å². The molecule has 0 bridgehead atoms. The first-order valence-corrected chi connectivity index (χ1v) is 10.3. The van der Waals surface area contributed by atoms with Crippen molar-refractivity contribution in [2.75, 3.05) is 19.1 Å². The molecule has 1 aliphatic rings. The van der Waals surface area contributed by atoms with Gasteiger partial charge in [0.1, 0.15) is 11.6 Å². The van der Waals surface area contributed by atoms with Gasteiger partial charge in [0.15, 0.2) is 0 Å². The van der Waals surface area contributed by atoms with E-state index in [0.29, 0.717) is 22.7 Å². The Morgan fingerprint density at radius 1 is 1.03 bits per heavy atom. The zero-order chi connectivity index (χ0) is 23.4. The number of benzodiazepines with no additional fused rings is 1. The number of nitrogens with zero attached hydrogens (tertiary/aromatic N) is 2. The summed E-state index contributed by atoms with van der Waals surface area (Å²) >= 11 is 0. The van der Waals surface area contributed by atoms with Crippen LogP contribution >= 0.6 is 0 Å². The molecule has 3 aromatic rings. The third-order valence-electron chi connectivity index (χ3n) is 5.35. The van der Waals surface area contributed by atoms with Crippen LogP contribution in [0.15, 0.2) is 77.8 Å². The van der Waals surface area contributed by atoms with Crippen molar-refractivity contribution in [3.8, 4) is 5.75 Å². The number of carbonyl (C=O) groups excluding carboxylic acids is 2. The molecule has 0 spiro atoms. The van der Waals surface area contributed by atoms with Gasteiger partial charge in [0.25, 0.3) is 5.91 Å². The number of ether oxygens (including phenoxy) is 1. The molecule has 0 saturated heterocycles. The van der Waals surface area contributed by atoms with Crippen LogP contribution in [0.3, 0.4) is 0 Å². The van der Waals surface area contributed by atoms with Gasteiger partial charge in [0.2, 0.25) is 6.17 Å². The molecular weight excluding hydrogens is 423 g/mol. The molecule has 0 aliphatic carbocycles. The second-order valence-corrected chi connectivity index (χ2v) is 7.45. The summed E-state index contributed by atoms with van der Waals surface area (Å²) in [5.41, 5.74) is 2.58. The highest BCUT2D eigenvalue weighted by Gasteiger charge is 2.31. The fourth-order valence-corrected chi connectivity index (χ4v) is 3.59. The van der Waals surface area contributed by atoms with Gasteiger partial charge in [-0.25, -0.2) is 14.2 Å². The Kier molecular flexibility index (Phi) is 6.35. The Labute approximate surface area is 190 Å². The first-order chi connectivity index (χ1) is 16.0.